The van der Waals surface area contributed by atoms with Crippen LogP contribution in [0.25, 0.3) is 0 Å². The van der Waals surface area contributed by atoms with Crippen LogP contribution in [0.3, 0.4) is 0 Å². The molecule has 0 radical (unpaired) electrons. The Kier molecular flexibility index (Phi) is 4.23. The lowest BCUT2D eigenvalue weighted by Gasteiger charge is -2.36. The van der Waals surface area contributed by atoms with Gasteiger partial charge < -0.3 is 5.11 Å². The number of aryl methyl sites for hydroxylation is 2. The van der Waals surface area contributed by atoms with Gasteiger partial charge >= 0.3 is 5.97 Å². The lowest BCUT2D eigenvalue weighted by molar-refractivity contribution is -0.151. The molecule has 0 aliphatic carbocycles. The number of piperidine rings is 1. The van der Waals surface area contributed by atoms with Crippen molar-refractivity contribution in [2.45, 2.75) is 39.8 Å². The second-order valence-corrected chi connectivity index (χ2v) is 5.46. The quantitative estimate of drug-likeness (QED) is 0.827. The summed E-state index contributed by atoms with van der Waals surface area (Å²) in [5, 5.41) is 13.6. The summed E-state index contributed by atoms with van der Waals surface area (Å²) in [6.45, 7) is 7.82. The summed E-state index contributed by atoms with van der Waals surface area (Å²) in [5.74, 6) is -2.07. The van der Waals surface area contributed by atoms with E-state index in [1.807, 2.05) is 31.5 Å². The molecule has 1 N–H and O–H groups in total. The van der Waals surface area contributed by atoms with Crippen LogP contribution in [-0.4, -0.2) is 50.7 Å². The van der Waals surface area contributed by atoms with Crippen molar-refractivity contribution in [3.63, 3.8) is 0 Å². The highest BCUT2D eigenvalue weighted by atomic mass is 16.4. The summed E-state index contributed by atoms with van der Waals surface area (Å²) in [4.78, 5) is 25.0. The van der Waals surface area contributed by atoms with Crippen LogP contribution in [0.5, 0.6) is 0 Å². The van der Waals surface area contributed by atoms with E-state index in [2.05, 4.69) is 10.00 Å². The highest BCUT2D eigenvalue weighted by Gasteiger charge is 2.38. The fourth-order valence-corrected chi connectivity index (χ4v) is 2.88. The van der Waals surface area contributed by atoms with Gasteiger partial charge in [-0.1, -0.05) is 0 Å². The van der Waals surface area contributed by atoms with E-state index < -0.39 is 11.9 Å². The van der Waals surface area contributed by atoms with Gasteiger partial charge in [-0.3, -0.25) is 19.2 Å². The molecule has 2 heterocycles. The van der Waals surface area contributed by atoms with E-state index in [1.165, 1.54) is 0 Å². The van der Waals surface area contributed by atoms with Gasteiger partial charge in [0.15, 0.2) is 0 Å². The molecule has 1 fully saturated rings. The van der Waals surface area contributed by atoms with Gasteiger partial charge in [0.2, 0.25) is 0 Å². The third-order valence-electron chi connectivity index (χ3n) is 4.02. The molecule has 1 aliphatic heterocycles. The molecule has 0 saturated carbocycles. The van der Waals surface area contributed by atoms with Crippen molar-refractivity contribution < 1.29 is 14.7 Å². The smallest absolute Gasteiger partial charge is 0.315 e. The van der Waals surface area contributed by atoms with E-state index in [-0.39, 0.29) is 11.8 Å². The Balaban J connectivity index is 2.01. The Morgan fingerprint density at radius 2 is 2.15 bits per heavy atom. The summed E-state index contributed by atoms with van der Waals surface area (Å²) in [6, 6.07) is 1.76. The molecule has 0 bridgehead atoms. The van der Waals surface area contributed by atoms with Crippen LogP contribution in [0.4, 0.5) is 0 Å². The molecule has 20 heavy (non-hydrogen) atoms. The van der Waals surface area contributed by atoms with Crippen molar-refractivity contribution in [2.24, 2.45) is 5.92 Å². The molecule has 0 amide bonds. The summed E-state index contributed by atoms with van der Waals surface area (Å²) in [6.07, 6.45) is 0.318. The van der Waals surface area contributed by atoms with Crippen molar-refractivity contribution in [1.29, 1.82) is 0 Å². The van der Waals surface area contributed by atoms with Crippen LogP contribution in [-0.2, 0) is 16.1 Å². The maximum atomic E-state index is 11.7. The lowest BCUT2D eigenvalue weighted by Crippen LogP contribution is -2.51. The van der Waals surface area contributed by atoms with E-state index in [1.54, 1.807) is 0 Å². The maximum Gasteiger partial charge on any atom is 0.315 e. The molecular weight excluding hydrogens is 258 g/mol. The third kappa shape index (κ3) is 2.90. The predicted octanol–water partition coefficient (Wildman–Crippen LogP) is 0.864. The molecule has 6 nitrogen and oxygen atoms in total. The SMILES string of the molecule is Cc1cc(C)n(CCN2CCC(=O)C(C(=O)O)C2C)n1. The van der Waals surface area contributed by atoms with Crippen molar-refractivity contribution in [2.75, 3.05) is 13.1 Å². The number of carbonyl (C=O) groups is 2. The zero-order chi connectivity index (χ0) is 14.9. The van der Waals surface area contributed by atoms with Gasteiger partial charge in [0, 0.05) is 31.2 Å². The van der Waals surface area contributed by atoms with Crippen molar-refractivity contribution in [1.82, 2.24) is 14.7 Å². The number of ketones is 1. The van der Waals surface area contributed by atoms with Crippen molar-refractivity contribution in [3.8, 4) is 0 Å². The third-order valence-corrected chi connectivity index (χ3v) is 4.02. The minimum absolute atomic E-state index is 0.160. The molecule has 0 aromatic carbocycles. The average molecular weight is 279 g/mol. The second kappa shape index (κ2) is 5.75. The second-order valence-electron chi connectivity index (χ2n) is 5.46. The van der Waals surface area contributed by atoms with Gasteiger partial charge in [-0.2, -0.15) is 5.10 Å². The summed E-state index contributed by atoms with van der Waals surface area (Å²) in [7, 11) is 0. The molecule has 1 saturated heterocycles. The van der Waals surface area contributed by atoms with Crippen LogP contribution in [0, 0.1) is 19.8 Å². The first-order chi connectivity index (χ1) is 9.40. The van der Waals surface area contributed by atoms with Crippen molar-refractivity contribution in [3.05, 3.63) is 17.5 Å². The van der Waals surface area contributed by atoms with E-state index in [0.29, 0.717) is 26.1 Å². The molecule has 2 atom stereocenters. The highest BCUT2D eigenvalue weighted by Crippen LogP contribution is 2.21. The topological polar surface area (TPSA) is 75.4 Å². The highest BCUT2D eigenvalue weighted by molar-refractivity contribution is 5.99. The first-order valence-corrected chi connectivity index (χ1v) is 6.90. The monoisotopic (exact) mass is 279 g/mol. The first kappa shape index (κ1) is 14.7. The van der Waals surface area contributed by atoms with Gasteiger partial charge in [-0.25, -0.2) is 0 Å². The van der Waals surface area contributed by atoms with Crippen LogP contribution < -0.4 is 0 Å². The number of rotatable bonds is 4. The Morgan fingerprint density at radius 3 is 2.70 bits per heavy atom. The number of carboxylic acids is 1. The molecule has 2 unspecified atom stereocenters. The number of Topliss-reactive ketones (excluding diaryl/α,β-unsaturated/α-hetero) is 1. The zero-order valence-electron chi connectivity index (χ0n) is 12.2. The molecular formula is C14H21N3O3. The summed E-state index contributed by atoms with van der Waals surface area (Å²) in [5.41, 5.74) is 2.07. The number of hydrogen-bond donors (Lipinski definition) is 1. The number of aromatic nitrogens is 2. The zero-order valence-corrected chi connectivity index (χ0v) is 12.2. The Morgan fingerprint density at radius 1 is 1.45 bits per heavy atom. The minimum atomic E-state index is -1.02. The molecule has 2 rings (SSSR count). The maximum absolute atomic E-state index is 11.7. The molecule has 1 aliphatic rings. The van der Waals surface area contributed by atoms with E-state index >= 15 is 0 Å². The van der Waals surface area contributed by atoms with Crippen molar-refractivity contribution >= 4 is 11.8 Å². The van der Waals surface area contributed by atoms with Gasteiger partial charge in [0.05, 0.1) is 12.2 Å². The molecule has 1 aromatic rings. The summed E-state index contributed by atoms with van der Waals surface area (Å²) < 4.78 is 1.92. The predicted molar refractivity (Wildman–Crippen MR) is 73.5 cm³/mol. The fourth-order valence-electron chi connectivity index (χ4n) is 2.88. The molecule has 1 aromatic heterocycles. The Hall–Kier alpha value is -1.69. The molecule has 0 spiro atoms. The standard InChI is InChI=1S/C14H21N3O3/c1-9-8-10(2)17(15-9)7-6-16-5-4-12(18)13(11(16)3)14(19)20/h8,11,13H,4-7H2,1-3H3,(H,19,20). The largest absolute Gasteiger partial charge is 0.481 e. The van der Waals surface area contributed by atoms with Crippen LogP contribution >= 0.6 is 0 Å². The number of nitrogens with zero attached hydrogens (tertiary/aromatic N) is 3. The lowest BCUT2D eigenvalue weighted by atomic mass is 9.89. The normalized spacial score (nSPS) is 24.1. The Bertz CT molecular complexity index is 524. The van der Waals surface area contributed by atoms with Crippen LogP contribution in [0.15, 0.2) is 6.07 Å². The average Bonchev–Trinajstić information content (AvgIpc) is 2.66. The van der Waals surface area contributed by atoms with E-state index in [9.17, 15) is 9.59 Å². The molecule has 6 heteroatoms. The number of carboxylic acid groups (broad SMARTS) is 1. The summed E-state index contributed by atoms with van der Waals surface area (Å²) >= 11 is 0. The fraction of sp³-hybridized carbons (Fsp3) is 0.643. The van der Waals surface area contributed by atoms with Gasteiger partial charge in [0.25, 0.3) is 0 Å². The van der Waals surface area contributed by atoms with Crippen LogP contribution in [0.1, 0.15) is 24.7 Å². The minimum Gasteiger partial charge on any atom is -0.481 e. The van der Waals surface area contributed by atoms with Gasteiger partial charge in [-0.05, 0) is 26.8 Å². The first-order valence-electron chi connectivity index (χ1n) is 6.90. The van der Waals surface area contributed by atoms with Gasteiger partial charge in [-0.15, -0.1) is 0 Å². The number of carbonyl (C=O) groups excluding carboxylic acids is 1. The van der Waals surface area contributed by atoms with E-state index in [4.69, 9.17) is 5.11 Å². The molecule has 110 valence electrons. The van der Waals surface area contributed by atoms with Crippen LogP contribution in [0.2, 0.25) is 0 Å². The number of aliphatic carboxylic acids is 1. The Labute approximate surface area is 118 Å². The number of likely N-dealkylation sites (tertiary alicyclic amines) is 1. The van der Waals surface area contributed by atoms with E-state index in [0.717, 1.165) is 11.4 Å². The number of hydrogen-bond acceptors (Lipinski definition) is 4. The van der Waals surface area contributed by atoms with Gasteiger partial charge in [0.1, 0.15) is 11.7 Å².